The molecule has 0 aliphatic heterocycles. The lowest BCUT2D eigenvalue weighted by Gasteiger charge is -2.21. The van der Waals surface area contributed by atoms with Gasteiger partial charge in [-0.25, -0.2) is 0 Å². The minimum atomic E-state index is 0.250. The molecule has 0 atom stereocenters. The second-order valence-electron chi connectivity index (χ2n) is 5.38. The van der Waals surface area contributed by atoms with Crippen LogP contribution in [0.2, 0.25) is 0 Å². The number of methoxy groups -OCH3 is 1. The lowest BCUT2D eigenvalue weighted by molar-refractivity contribution is 0.132. The molecule has 0 bridgehead atoms. The minimum Gasteiger partial charge on any atom is -0.496 e. The van der Waals surface area contributed by atoms with E-state index < -0.39 is 0 Å². The van der Waals surface area contributed by atoms with E-state index in [0.29, 0.717) is 5.56 Å². The van der Waals surface area contributed by atoms with Gasteiger partial charge in [-0.3, -0.25) is 0 Å². The summed E-state index contributed by atoms with van der Waals surface area (Å²) < 4.78 is 5.46. The first-order valence-electron chi connectivity index (χ1n) is 8.29. The van der Waals surface area contributed by atoms with Gasteiger partial charge in [-0.05, 0) is 32.0 Å². The highest BCUT2D eigenvalue weighted by molar-refractivity contribution is 5.84. The number of ether oxygens (including phenoxy) is 1. The van der Waals surface area contributed by atoms with Gasteiger partial charge in [0.15, 0.2) is 0 Å². The highest BCUT2D eigenvalue weighted by atomic mass is 16.6. The molecule has 0 aliphatic carbocycles. The maximum Gasteiger partial charge on any atom is 0.143 e. The summed E-state index contributed by atoms with van der Waals surface area (Å²) in [5, 5.41) is 13.1. The summed E-state index contributed by atoms with van der Waals surface area (Å²) in [4.78, 5) is 7.59. The van der Waals surface area contributed by atoms with Crippen molar-refractivity contribution in [3.63, 3.8) is 0 Å². The van der Waals surface area contributed by atoms with Crippen LogP contribution in [0.3, 0.4) is 0 Å². The monoisotopic (exact) mass is 337 g/mol. The van der Waals surface area contributed by atoms with E-state index in [2.05, 4.69) is 30.0 Å². The first kappa shape index (κ1) is 18.3. The van der Waals surface area contributed by atoms with Crippen LogP contribution in [-0.4, -0.2) is 26.4 Å². The average molecular weight is 337 g/mol. The van der Waals surface area contributed by atoms with Gasteiger partial charge in [0.05, 0.1) is 25.0 Å². The summed E-state index contributed by atoms with van der Waals surface area (Å²) in [5.74, 6) is 0.745. The Labute approximate surface area is 149 Å². The zero-order chi connectivity index (χ0) is 18.1. The predicted molar refractivity (Wildman–Crippen MR) is 100 cm³/mol. The van der Waals surface area contributed by atoms with Crippen molar-refractivity contribution in [2.75, 3.05) is 25.1 Å². The van der Waals surface area contributed by atoms with Crippen molar-refractivity contribution in [3.8, 4) is 11.8 Å². The maximum atomic E-state index is 9.07. The van der Waals surface area contributed by atoms with E-state index in [9.17, 15) is 0 Å². The Hall–Kier alpha value is -3.00. The standard InChI is InChI=1S/C20H23N3O2/c1-4-23(5-2)19-11-10-17(20(12-19)24-3)14-22-25-15-18-9-7-6-8-16(18)13-21/h6-12,14H,4-5,15H2,1-3H3/b22-14-. The third-order valence-electron chi connectivity index (χ3n) is 3.97. The topological polar surface area (TPSA) is 57.8 Å². The van der Waals surface area contributed by atoms with Gasteiger partial charge in [0.25, 0.3) is 0 Å². The quantitative estimate of drug-likeness (QED) is 0.540. The number of hydrogen-bond acceptors (Lipinski definition) is 5. The molecular weight excluding hydrogens is 314 g/mol. The van der Waals surface area contributed by atoms with Crippen LogP contribution >= 0.6 is 0 Å². The number of nitrogens with zero attached hydrogens (tertiary/aromatic N) is 3. The van der Waals surface area contributed by atoms with Crippen molar-refractivity contribution in [2.45, 2.75) is 20.5 Å². The second-order valence-corrected chi connectivity index (χ2v) is 5.38. The molecule has 0 heterocycles. The number of hydrogen-bond donors (Lipinski definition) is 0. The Morgan fingerprint density at radius 1 is 1.16 bits per heavy atom. The van der Waals surface area contributed by atoms with Gasteiger partial charge in [0, 0.05) is 36.0 Å². The Morgan fingerprint density at radius 3 is 2.60 bits per heavy atom. The molecule has 0 saturated carbocycles. The van der Waals surface area contributed by atoms with E-state index in [-0.39, 0.29) is 6.61 Å². The van der Waals surface area contributed by atoms with Crippen molar-refractivity contribution in [1.29, 1.82) is 5.26 Å². The smallest absolute Gasteiger partial charge is 0.143 e. The molecule has 25 heavy (non-hydrogen) atoms. The zero-order valence-corrected chi connectivity index (χ0v) is 14.9. The fourth-order valence-corrected chi connectivity index (χ4v) is 2.55. The van der Waals surface area contributed by atoms with E-state index in [1.54, 1.807) is 19.4 Å². The SMILES string of the molecule is CCN(CC)c1ccc(/C=N\OCc2ccccc2C#N)c(OC)c1. The van der Waals surface area contributed by atoms with Crippen molar-refractivity contribution in [3.05, 3.63) is 59.2 Å². The normalized spacial score (nSPS) is 10.5. The fourth-order valence-electron chi connectivity index (χ4n) is 2.55. The Balaban J connectivity index is 2.06. The molecule has 0 saturated heterocycles. The van der Waals surface area contributed by atoms with Gasteiger partial charge in [-0.1, -0.05) is 23.4 Å². The molecule has 5 nitrogen and oxygen atoms in total. The van der Waals surface area contributed by atoms with Gasteiger partial charge < -0.3 is 14.5 Å². The molecule has 2 aromatic rings. The summed E-state index contributed by atoms with van der Waals surface area (Å²) in [6.07, 6.45) is 1.62. The zero-order valence-electron chi connectivity index (χ0n) is 14.9. The van der Waals surface area contributed by atoms with Crippen molar-refractivity contribution >= 4 is 11.9 Å². The van der Waals surface area contributed by atoms with Gasteiger partial charge in [-0.15, -0.1) is 0 Å². The predicted octanol–water partition coefficient (Wildman–Crippen LogP) is 3.96. The molecule has 2 aromatic carbocycles. The third kappa shape index (κ3) is 4.74. The van der Waals surface area contributed by atoms with E-state index in [0.717, 1.165) is 35.7 Å². The van der Waals surface area contributed by atoms with Crippen LogP contribution < -0.4 is 9.64 Å². The van der Waals surface area contributed by atoms with Crippen molar-refractivity contribution in [1.82, 2.24) is 0 Å². The summed E-state index contributed by atoms with van der Waals surface area (Å²) in [6, 6.07) is 15.5. The molecule has 130 valence electrons. The lowest BCUT2D eigenvalue weighted by Crippen LogP contribution is -2.21. The summed E-state index contributed by atoms with van der Waals surface area (Å²) >= 11 is 0. The number of anilines is 1. The van der Waals surface area contributed by atoms with Gasteiger partial charge >= 0.3 is 0 Å². The molecule has 0 fully saturated rings. The first-order valence-corrected chi connectivity index (χ1v) is 8.29. The van der Waals surface area contributed by atoms with Gasteiger partial charge in [0.1, 0.15) is 12.4 Å². The summed E-state index contributed by atoms with van der Waals surface area (Å²) in [6.45, 7) is 6.37. The molecule has 0 unspecified atom stereocenters. The summed E-state index contributed by atoms with van der Waals surface area (Å²) in [7, 11) is 1.64. The molecule has 0 radical (unpaired) electrons. The Bertz CT molecular complexity index is 762. The third-order valence-corrected chi connectivity index (χ3v) is 3.97. The van der Waals surface area contributed by atoms with Crippen LogP contribution in [0.25, 0.3) is 0 Å². The Kier molecular flexibility index (Phi) is 6.85. The average Bonchev–Trinajstić information content (AvgIpc) is 2.67. The van der Waals surface area contributed by atoms with E-state index in [4.69, 9.17) is 14.8 Å². The number of nitriles is 1. The van der Waals surface area contributed by atoms with Crippen molar-refractivity contribution in [2.24, 2.45) is 5.16 Å². The van der Waals surface area contributed by atoms with Crippen LogP contribution in [0.5, 0.6) is 5.75 Å². The van der Waals surface area contributed by atoms with Crippen LogP contribution in [-0.2, 0) is 11.4 Å². The fraction of sp³-hybridized carbons (Fsp3) is 0.300. The van der Waals surface area contributed by atoms with E-state index in [1.165, 1.54) is 0 Å². The molecule has 0 N–H and O–H groups in total. The van der Waals surface area contributed by atoms with Crippen LogP contribution in [0.1, 0.15) is 30.5 Å². The molecule has 0 spiro atoms. The minimum absolute atomic E-state index is 0.250. The maximum absolute atomic E-state index is 9.07. The molecular formula is C20H23N3O2. The molecule has 5 heteroatoms. The molecule has 0 aliphatic rings. The van der Waals surface area contributed by atoms with Gasteiger partial charge in [-0.2, -0.15) is 5.26 Å². The second kappa shape index (κ2) is 9.33. The number of benzene rings is 2. The highest BCUT2D eigenvalue weighted by Crippen LogP contribution is 2.24. The van der Waals surface area contributed by atoms with Crippen LogP contribution in [0.4, 0.5) is 5.69 Å². The molecule has 0 amide bonds. The van der Waals surface area contributed by atoms with E-state index in [1.807, 2.05) is 36.4 Å². The first-order chi connectivity index (χ1) is 12.2. The highest BCUT2D eigenvalue weighted by Gasteiger charge is 2.07. The number of oxime groups is 1. The van der Waals surface area contributed by atoms with Gasteiger partial charge in [0.2, 0.25) is 0 Å². The number of rotatable bonds is 8. The van der Waals surface area contributed by atoms with Crippen LogP contribution in [0, 0.1) is 11.3 Å². The largest absolute Gasteiger partial charge is 0.496 e. The Morgan fingerprint density at radius 2 is 1.92 bits per heavy atom. The van der Waals surface area contributed by atoms with Crippen LogP contribution in [0.15, 0.2) is 47.6 Å². The molecule has 2 rings (SSSR count). The lowest BCUT2D eigenvalue weighted by atomic mass is 10.1. The van der Waals surface area contributed by atoms with Crippen molar-refractivity contribution < 1.29 is 9.57 Å². The summed E-state index contributed by atoms with van der Waals surface area (Å²) in [5.41, 5.74) is 3.36. The molecule has 0 aromatic heterocycles. The van der Waals surface area contributed by atoms with E-state index >= 15 is 0 Å².